The van der Waals surface area contributed by atoms with Crippen molar-refractivity contribution in [2.75, 3.05) is 20.2 Å². The van der Waals surface area contributed by atoms with Crippen LogP contribution in [0, 0.1) is 5.92 Å². The van der Waals surface area contributed by atoms with Gasteiger partial charge in [0.1, 0.15) is 5.75 Å². The fraction of sp³-hybridized carbons (Fsp3) is 0.435. The standard InChI is InChI=1S/C23H30N2O4S/c1-4-22(18-8-10-20(29-3)11-9-18)24-23(26)19-6-5-7-21(16-19)30(27,28)25-14-12-17(2)13-15-25/h5-11,16-17,22H,4,12-15H2,1-3H3,(H,24,26)/t22-/m1/s1. The van der Waals surface area contributed by atoms with E-state index < -0.39 is 10.0 Å². The molecule has 30 heavy (non-hydrogen) atoms. The van der Waals surface area contributed by atoms with E-state index in [0.717, 1.165) is 24.2 Å². The quantitative estimate of drug-likeness (QED) is 0.720. The first kappa shape index (κ1) is 22.3. The van der Waals surface area contributed by atoms with E-state index in [1.807, 2.05) is 31.2 Å². The average molecular weight is 431 g/mol. The minimum absolute atomic E-state index is 0.169. The molecule has 0 aliphatic carbocycles. The van der Waals surface area contributed by atoms with Gasteiger partial charge in [-0.1, -0.05) is 32.0 Å². The third-order valence-electron chi connectivity index (χ3n) is 5.71. The van der Waals surface area contributed by atoms with Crippen molar-refractivity contribution in [3.63, 3.8) is 0 Å². The van der Waals surface area contributed by atoms with E-state index in [1.165, 1.54) is 10.4 Å². The Hall–Kier alpha value is -2.38. The summed E-state index contributed by atoms with van der Waals surface area (Å²) in [7, 11) is -1.99. The molecule has 2 aromatic rings. The van der Waals surface area contributed by atoms with Gasteiger partial charge in [0.2, 0.25) is 10.0 Å². The average Bonchev–Trinajstić information content (AvgIpc) is 2.77. The molecule has 1 amide bonds. The van der Waals surface area contributed by atoms with Crippen molar-refractivity contribution in [3.05, 3.63) is 59.7 Å². The molecular weight excluding hydrogens is 400 g/mol. The number of amides is 1. The highest BCUT2D eigenvalue weighted by Gasteiger charge is 2.28. The van der Waals surface area contributed by atoms with E-state index in [0.29, 0.717) is 31.0 Å². The van der Waals surface area contributed by atoms with E-state index in [-0.39, 0.29) is 16.8 Å². The van der Waals surface area contributed by atoms with E-state index in [2.05, 4.69) is 12.2 Å². The van der Waals surface area contributed by atoms with Crippen molar-refractivity contribution >= 4 is 15.9 Å². The molecule has 0 bridgehead atoms. The van der Waals surface area contributed by atoms with Crippen LogP contribution >= 0.6 is 0 Å². The number of nitrogens with one attached hydrogen (secondary N) is 1. The highest BCUT2D eigenvalue weighted by atomic mass is 32.2. The fourth-order valence-electron chi connectivity index (χ4n) is 3.67. The van der Waals surface area contributed by atoms with Gasteiger partial charge in [-0.05, 0) is 61.1 Å². The summed E-state index contributed by atoms with van der Waals surface area (Å²) in [6.45, 7) is 5.18. The molecule has 1 fully saturated rings. The fourth-order valence-corrected chi connectivity index (χ4v) is 5.19. The number of carbonyl (C=O) groups excluding carboxylic acids is 1. The predicted molar refractivity (Wildman–Crippen MR) is 117 cm³/mol. The van der Waals surface area contributed by atoms with Crippen molar-refractivity contribution < 1.29 is 17.9 Å². The van der Waals surface area contributed by atoms with Gasteiger partial charge in [-0.2, -0.15) is 4.31 Å². The third-order valence-corrected chi connectivity index (χ3v) is 7.60. The number of sulfonamides is 1. The maximum absolute atomic E-state index is 13.0. The third kappa shape index (κ3) is 5.02. The first-order valence-electron chi connectivity index (χ1n) is 10.4. The number of nitrogens with zero attached hydrogens (tertiary/aromatic N) is 1. The van der Waals surface area contributed by atoms with E-state index in [1.54, 1.807) is 25.3 Å². The summed E-state index contributed by atoms with van der Waals surface area (Å²) in [4.78, 5) is 13.0. The van der Waals surface area contributed by atoms with Gasteiger partial charge in [0, 0.05) is 18.7 Å². The summed E-state index contributed by atoms with van der Waals surface area (Å²) in [5, 5.41) is 3.01. The van der Waals surface area contributed by atoms with E-state index in [4.69, 9.17) is 4.74 Å². The van der Waals surface area contributed by atoms with Crippen molar-refractivity contribution in [1.82, 2.24) is 9.62 Å². The first-order chi connectivity index (χ1) is 14.3. The molecule has 0 saturated carbocycles. The normalized spacial score (nSPS) is 16.8. The van der Waals surface area contributed by atoms with Gasteiger partial charge in [0.05, 0.1) is 18.0 Å². The lowest BCUT2D eigenvalue weighted by atomic mass is 10.0. The van der Waals surface area contributed by atoms with Crippen LogP contribution in [0.15, 0.2) is 53.4 Å². The summed E-state index contributed by atoms with van der Waals surface area (Å²) in [6, 6.07) is 13.7. The van der Waals surface area contributed by atoms with Gasteiger partial charge in [0.15, 0.2) is 0 Å². The number of ether oxygens (including phenoxy) is 1. The molecule has 3 rings (SSSR count). The molecule has 6 nitrogen and oxygen atoms in total. The lowest BCUT2D eigenvalue weighted by molar-refractivity contribution is 0.0935. The molecule has 1 aliphatic rings. The molecule has 0 spiro atoms. The number of benzene rings is 2. The van der Waals surface area contributed by atoms with Crippen LogP contribution in [0.5, 0.6) is 5.75 Å². The van der Waals surface area contributed by atoms with Crippen LogP contribution in [0.3, 0.4) is 0 Å². The highest BCUT2D eigenvalue weighted by molar-refractivity contribution is 7.89. The van der Waals surface area contributed by atoms with Gasteiger partial charge in [-0.15, -0.1) is 0 Å². The minimum Gasteiger partial charge on any atom is -0.497 e. The highest BCUT2D eigenvalue weighted by Crippen LogP contribution is 2.25. The van der Waals surface area contributed by atoms with Gasteiger partial charge in [-0.3, -0.25) is 4.79 Å². The van der Waals surface area contributed by atoms with Crippen LogP contribution in [-0.2, 0) is 10.0 Å². The number of carbonyl (C=O) groups is 1. The van der Waals surface area contributed by atoms with Gasteiger partial charge in [0.25, 0.3) is 5.91 Å². The molecule has 1 N–H and O–H groups in total. The molecule has 2 aromatic carbocycles. The van der Waals surface area contributed by atoms with Gasteiger partial charge < -0.3 is 10.1 Å². The minimum atomic E-state index is -3.60. The SMILES string of the molecule is CC[C@@H](NC(=O)c1cccc(S(=O)(=O)N2CCC(C)CC2)c1)c1ccc(OC)cc1. The lowest BCUT2D eigenvalue weighted by Crippen LogP contribution is -2.38. The number of hydrogen-bond acceptors (Lipinski definition) is 4. The summed E-state index contributed by atoms with van der Waals surface area (Å²) in [6.07, 6.45) is 2.43. The molecule has 1 atom stereocenters. The van der Waals surface area contributed by atoms with Crippen LogP contribution in [0.2, 0.25) is 0 Å². The van der Waals surface area contributed by atoms with Crippen LogP contribution < -0.4 is 10.1 Å². The zero-order chi connectivity index (χ0) is 21.7. The Morgan fingerprint density at radius 2 is 1.83 bits per heavy atom. The van der Waals surface area contributed by atoms with Crippen molar-refractivity contribution in [2.24, 2.45) is 5.92 Å². The first-order valence-corrected chi connectivity index (χ1v) is 11.8. The monoisotopic (exact) mass is 430 g/mol. The van der Waals surface area contributed by atoms with Crippen molar-refractivity contribution in [2.45, 2.75) is 44.0 Å². The summed E-state index contributed by atoms with van der Waals surface area (Å²) >= 11 is 0. The molecule has 1 aliphatic heterocycles. The second-order valence-electron chi connectivity index (χ2n) is 7.82. The van der Waals surface area contributed by atoms with Gasteiger partial charge >= 0.3 is 0 Å². The molecule has 0 aromatic heterocycles. The number of piperidine rings is 1. The summed E-state index contributed by atoms with van der Waals surface area (Å²) in [5.41, 5.74) is 1.31. The molecule has 162 valence electrons. The lowest BCUT2D eigenvalue weighted by Gasteiger charge is -2.29. The predicted octanol–water partition coefficient (Wildman–Crippen LogP) is 4.00. The van der Waals surface area contributed by atoms with E-state index >= 15 is 0 Å². The molecule has 0 radical (unpaired) electrons. The zero-order valence-electron chi connectivity index (χ0n) is 17.8. The van der Waals surface area contributed by atoms with Gasteiger partial charge in [-0.25, -0.2) is 8.42 Å². The Morgan fingerprint density at radius 1 is 1.17 bits per heavy atom. The topological polar surface area (TPSA) is 75.7 Å². The second kappa shape index (κ2) is 9.62. The van der Waals surface area contributed by atoms with Crippen molar-refractivity contribution in [1.29, 1.82) is 0 Å². The number of hydrogen-bond donors (Lipinski definition) is 1. The Morgan fingerprint density at radius 3 is 2.43 bits per heavy atom. The number of rotatable bonds is 7. The zero-order valence-corrected chi connectivity index (χ0v) is 18.6. The van der Waals surface area contributed by atoms with Crippen LogP contribution in [-0.4, -0.2) is 38.8 Å². The van der Waals surface area contributed by atoms with Crippen molar-refractivity contribution in [3.8, 4) is 5.75 Å². The Balaban J connectivity index is 1.76. The Bertz CT molecular complexity index is 965. The van der Waals surface area contributed by atoms with Crippen LogP contribution in [0.4, 0.5) is 0 Å². The molecule has 0 unspecified atom stereocenters. The Labute approximate surface area is 179 Å². The number of methoxy groups -OCH3 is 1. The smallest absolute Gasteiger partial charge is 0.251 e. The Kier molecular flexibility index (Phi) is 7.15. The largest absolute Gasteiger partial charge is 0.497 e. The summed E-state index contributed by atoms with van der Waals surface area (Å²) < 4.78 is 32.7. The van der Waals surface area contributed by atoms with Crippen LogP contribution in [0.25, 0.3) is 0 Å². The molecule has 7 heteroatoms. The molecule has 1 heterocycles. The second-order valence-corrected chi connectivity index (χ2v) is 9.76. The maximum atomic E-state index is 13.0. The maximum Gasteiger partial charge on any atom is 0.251 e. The van der Waals surface area contributed by atoms with E-state index in [9.17, 15) is 13.2 Å². The molecule has 1 saturated heterocycles. The van der Waals surface area contributed by atoms with Crippen LogP contribution in [0.1, 0.15) is 55.1 Å². The summed E-state index contributed by atoms with van der Waals surface area (Å²) in [5.74, 6) is 1.00. The molecular formula is C23H30N2O4S.